The molecular formula is C16H20IN3O3. The molecule has 1 fully saturated rings. The van der Waals surface area contributed by atoms with Crippen molar-refractivity contribution in [2.75, 3.05) is 13.2 Å². The van der Waals surface area contributed by atoms with E-state index in [0.717, 1.165) is 23.0 Å². The molecule has 0 spiro atoms. The number of halogens is 1. The lowest BCUT2D eigenvalue weighted by molar-refractivity contribution is -0.120. The quantitative estimate of drug-likeness (QED) is 0.413. The Morgan fingerprint density at radius 3 is 2.74 bits per heavy atom. The van der Waals surface area contributed by atoms with Crippen LogP contribution in [0, 0.1) is 3.57 Å². The van der Waals surface area contributed by atoms with Gasteiger partial charge in [0.05, 0.1) is 12.5 Å². The predicted octanol–water partition coefficient (Wildman–Crippen LogP) is 2.08. The number of hydrogen-bond donors (Lipinski definition) is 2. The molecule has 0 radical (unpaired) electrons. The Bertz CT molecular complexity index is 581. The van der Waals surface area contributed by atoms with Crippen LogP contribution in [0.1, 0.15) is 36.5 Å². The van der Waals surface area contributed by atoms with Crippen molar-refractivity contribution in [1.29, 1.82) is 0 Å². The van der Waals surface area contributed by atoms with E-state index in [-0.39, 0.29) is 24.3 Å². The fourth-order valence-corrected chi connectivity index (χ4v) is 2.54. The number of rotatable bonds is 6. The van der Waals surface area contributed by atoms with Gasteiger partial charge in [0.2, 0.25) is 5.91 Å². The fraction of sp³-hybridized carbons (Fsp3) is 0.438. The first kappa shape index (κ1) is 17.9. The molecule has 0 bridgehead atoms. The van der Waals surface area contributed by atoms with Crippen LogP contribution in [0.4, 0.5) is 0 Å². The molecule has 0 saturated carbocycles. The average molecular weight is 429 g/mol. The zero-order valence-corrected chi connectivity index (χ0v) is 15.1. The number of ether oxygens (including phenoxy) is 1. The summed E-state index contributed by atoms with van der Waals surface area (Å²) in [5.41, 5.74) is 3.54. The largest absolute Gasteiger partial charge is 0.376 e. The summed E-state index contributed by atoms with van der Waals surface area (Å²) in [6, 6.07) is 7.17. The molecule has 1 atom stereocenters. The first-order valence-corrected chi connectivity index (χ1v) is 8.60. The normalized spacial score (nSPS) is 17.8. The van der Waals surface area contributed by atoms with Crippen molar-refractivity contribution in [3.05, 3.63) is 33.4 Å². The summed E-state index contributed by atoms with van der Waals surface area (Å²) < 4.78 is 6.50. The highest BCUT2D eigenvalue weighted by molar-refractivity contribution is 14.1. The van der Waals surface area contributed by atoms with Gasteiger partial charge in [-0.1, -0.05) is 0 Å². The lowest BCUT2D eigenvalue weighted by Crippen LogP contribution is -2.33. The summed E-state index contributed by atoms with van der Waals surface area (Å²) >= 11 is 2.17. The van der Waals surface area contributed by atoms with Gasteiger partial charge in [-0.05, 0) is 66.6 Å². The van der Waals surface area contributed by atoms with Crippen LogP contribution in [0.5, 0.6) is 0 Å². The van der Waals surface area contributed by atoms with E-state index < -0.39 is 0 Å². The number of amides is 2. The minimum Gasteiger partial charge on any atom is -0.376 e. The van der Waals surface area contributed by atoms with Crippen LogP contribution in [0.2, 0.25) is 0 Å². The van der Waals surface area contributed by atoms with Crippen LogP contribution < -0.4 is 10.7 Å². The van der Waals surface area contributed by atoms with Crippen LogP contribution in [-0.2, 0) is 9.53 Å². The molecule has 6 nitrogen and oxygen atoms in total. The Labute approximate surface area is 149 Å². The second-order valence-corrected chi connectivity index (χ2v) is 6.66. The Kier molecular flexibility index (Phi) is 6.97. The minimum atomic E-state index is -0.291. The summed E-state index contributed by atoms with van der Waals surface area (Å²) in [7, 11) is 0. The van der Waals surface area contributed by atoms with Crippen molar-refractivity contribution in [3.63, 3.8) is 0 Å². The van der Waals surface area contributed by atoms with E-state index in [2.05, 4.69) is 38.4 Å². The number of benzene rings is 1. The molecule has 124 valence electrons. The van der Waals surface area contributed by atoms with Gasteiger partial charge in [-0.2, -0.15) is 5.10 Å². The van der Waals surface area contributed by atoms with E-state index in [1.54, 1.807) is 19.1 Å². The van der Waals surface area contributed by atoms with Gasteiger partial charge in [0, 0.05) is 28.0 Å². The van der Waals surface area contributed by atoms with Crippen LogP contribution in [-0.4, -0.2) is 36.8 Å². The third kappa shape index (κ3) is 6.26. The zero-order chi connectivity index (χ0) is 16.7. The van der Waals surface area contributed by atoms with E-state index in [1.807, 2.05) is 12.1 Å². The molecule has 2 rings (SSSR count). The zero-order valence-electron chi connectivity index (χ0n) is 13.0. The molecule has 1 aliphatic heterocycles. The maximum atomic E-state index is 11.9. The highest BCUT2D eigenvalue weighted by Gasteiger charge is 2.16. The molecule has 0 aliphatic carbocycles. The number of nitrogens with one attached hydrogen (secondary N) is 2. The van der Waals surface area contributed by atoms with Gasteiger partial charge in [0.25, 0.3) is 5.91 Å². The number of carbonyl (C=O) groups is 2. The van der Waals surface area contributed by atoms with E-state index in [1.165, 1.54) is 0 Å². The Morgan fingerprint density at radius 2 is 2.09 bits per heavy atom. The van der Waals surface area contributed by atoms with Crippen LogP contribution in [0.25, 0.3) is 0 Å². The number of carbonyl (C=O) groups excluding carboxylic acids is 2. The molecule has 0 aromatic heterocycles. The van der Waals surface area contributed by atoms with Crippen LogP contribution in [0.3, 0.4) is 0 Å². The molecule has 1 heterocycles. The van der Waals surface area contributed by atoms with Gasteiger partial charge in [-0.3, -0.25) is 9.59 Å². The molecule has 23 heavy (non-hydrogen) atoms. The van der Waals surface area contributed by atoms with Gasteiger partial charge in [0.15, 0.2) is 0 Å². The maximum Gasteiger partial charge on any atom is 0.271 e. The molecule has 7 heteroatoms. The SMILES string of the molecule is C/C(CC(=O)NCC1CCCO1)=N\NC(=O)c1ccc(I)cc1. The number of nitrogens with zero attached hydrogens (tertiary/aromatic N) is 1. The van der Waals surface area contributed by atoms with Crippen molar-refractivity contribution in [2.45, 2.75) is 32.3 Å². The maximum absolute atomic E-state index is 11.9. The number of hydrazone groups is 1. The first-order valence-electron chi connectivity index (χ1n) is 7.52. The molecular weight excluding hydrogens is 409 g/mol. The predicted molar refractivity (Wildman–Crippen MR) is 96.3 cm³/mol. The Morgan fingerprint density at radius 1 is 1.35 bits per heavy atom. The smallest absolute Gasteiger partial charge is 0.271 e. The molecule has 1 aliphatic rings. The van der Waals surface area contributed by atoms with Gasteiger partial charge >= 0.3 is 0 Å². The first-order chi connectivity index (χ1) is 11.0. The third-order valence-electron chi connectivity index (χ3n) is 3.42. The molecule has 2 amide bonds. The lowest BCUT2D eigenvalue weighted by atomic mass is 10.2. The van der Waals surface area contributed by atoms with Crippen molar-refractivity contribution in [1.82, 2.24) is 10.7 Å². The standard InChI is InChI=1S/C16H20IN3O3/c1-11(9-15(21)18-10-14-3-2-8-23-14)19-20-16(22)12-4-6-13(17)7-5-12/h4-7,14H,2-3,8-10H2,1H3,(H,18,21)(H,20,22)/b19-11+. The second-order valence-electron chi connectivity index (χ2n) is 5.41. The summed E-state index contributed by atoms with van der Waals surface area (Å²) in [5, 5.41) is 6.79. The van der Waals surface area contributed by atoms with Crippen LogP contribution >= 0.6 is 22.6 Å². The van der Waals surface area contributed by atoms with Crippen molar-refractivity contribution in [2.24, 2.45) is 5.10 Å². The summed E-state index contributed by atoms with van der Waals surface area (Å²) in [6.07, 6.45) is 2.31. The van der Waals surface area contributed by atoms with Crippen molar-refractivity contribution in [3.8, 4) is 0 Å². The minimum absolute atomic E-state index is 0.120. The van der Waals surface area contributed by atoms with Gasteiger partial charge in [-0.25, -0.2) is 5.43 Å². The van der Waals surface area contributed by atoms with E-state index in [4.69, 9.17) is 4.74 Å². The molecule has 2 N–H and O–H groups in total. The lowest BCUT2D eigenvalue weighted by Gasteiger charge is -2.10. The van der Waals surface area contributed by atoms with Gasteiger partial charge in [-0.15, -0.1) is 0 Å². The molecule has 1 aromatic rings. The number of hydrogen-bond acceptors (Lipinski definition) is 4. The van der Waals surface area contributed by atoms with Gasteiger partial charge < -0.3 is 10.1 Å². The second kappa shape index (κ2) is 8.97. The highest BCUT2D eigenvalue weighted by Crippen LogP contribution is 2.10. The molecule has 1 saturated heterocycles. The van der Waals surface area contributed by atoms with E-state index in [9.17, 15) is 9.59 Å². The van der Waals surface area contributed by atoms with Crippen molar-refractivity contribution >= 4 is 40.1 Å². The van der Waals surface area contributed by atoms with Gasteiger partial charge in [0.1, 0.15) is 0 Å². The molecule has 1 unspecified atom stereocenters. The van der Waals surface area contributed by atoms with E-state index in [0.29, 0.717) is 17.8 Å². The molecule has 1 aromatic carbocycles. The Balaban J connectivity index is 1.74. The topological polar surface area (TPSA) is 79.8 Å². The summed E-state index contributed by atoms with van der Waals surface area (Å²) in [5.74, 6) is -0.411. The highest BCUT2D eigenvalue weighted by atomic mass is 127. The van der Waals surface area contributed by atoms with Crippen molar-refractivity contribution < 1.29 is 14.3 Å². The fourth-order valence-electron chi connectivity index (χ4n) is 2.18. The third-order valence-corrected chi connectivity index (χ3v) is 4.14. The summed E-state index contributed by atoms with van der Waals surface area (Å²) in [6.45, 7) is 3.01. The van der Waals surface area contributed by atoms with Crippen LogP contribution in [0.15, 0.2) is 29.4 Å². The van der Waals surface area contributed by atoms with E-state index >= 15 is 0 Å². The monoisotopic (exact) mass is 429 g/mol. The average Bonchev–Trinajstić information content (AvgIpc) is 3.05. The summed E-state index contributed by atoms with van der Waals surface area (Å²) in [4.78, 5) is 23.7. The Hall–Kier alpha value is -1.48.